The van der Waals surface area contributed by atoms with Crippen molar-refractivity contribution in [1.29, 1.82) is 0 Å². The number of halogens is 1. The normalized spacial score (nSPS) is 21.4. The SMILES string of the molecule is O=CN1CCOCC1c1ccccc1Cl. The average Bonchev–Trinajstić information content (AvgIpc) is 2.30. The molecule has 3 nitrogen and oxygen atoms in total. The van der Waals surface area contributed by atoms with Gasteiger partial charge in [-0.05, 0) is 11.6 Å². The molecular formula is C11H12ClNO2. The van der Waals surface area contributed by atoms with Crippen LogP contribution in [0.4, 0.5) is 0 Å². The molecule has 1 aliphatic rings. The fourth-order valence-corrected chi connectivity index (χ4v) is 2.02. The van der Waals surface area contributed by atoms with Crippen molar-refractivity contribution in [1.82, 2.24) is 4.90 Å². The zero-order chi connectivity index (χ0) is 10.7. The molecule has 0 N–H and O–H groups in total. The van der Waals surface area contributed by atoms with Gasteiger partial charge in [0.1, 0.15) is 0 Å². The number of morpholine rings is 1. The molecule has 1 amide bonds. The number of rotatable bonds is 2. The topological polar surface area (TPSA) is 29.5 Å². The van der Waals surface area contributed by atoms with Crippen LogP contribution in [0, 0.1) is 0 Å². The summed E-state index contributed by atoms with van der Waals surface area (Å²) in [6, 6.07) is 7.50. The molecule has 0 saturated carbocycles. The molecule has 1 aliphatic heterocycles. The highest BCUT2D eigenvalue weighted by atomic mass is 35.5. The summed E-state index contributed by atoms with van der Waals surface area (Å²) in [5.74, 6) is 0. The van der Waals surface area contributed by atoms with Crippen LogP contribution in [-0.4, -0.2) is 31.1 Å². The molecular weight excluding hydrogens is 214 g/mol. The quantitative estimate of drug-likeness (QED) is 0.720. The van der Waals surface area contributed by atoms with E-state index in [1.54, 1.807) is 4.90 Å². The number of carbonyl (C=O) groups is 1. The molecule has 2 rings (SSSR count). The summed E-state index contributed by atoms with van der Waals surface area (Å²) in [7, 11) is 0. The van der Waals surface area contributed by atoms with Crippen LogP contribution in [0.3, 0.4) is 0 Å². The molecule has 1 heterocycles. The predicted molar refractivity (Wildman–Crippen MR) is 57.8 cm³/mol. The molecule has 0 radical (unpaired) electrons. The molecule has 1 saturated heterocycles. The molecule has 0 spiro atoms. The lowest BCUT2D eigenvalue weighted by Gasteiger charge is -2.33. The van der Waals surface area contributed by atoms with E-state index in [0.717, 1.165) is 12.0 Å². The van der Waals surface area contributed by atoms with Gasteiger partial charge in [-0.2, -0.15) is 0 Å². The van der Waals surface area contributed by atoms with Crippen molar-refractivity contribution in [3.05, 3.63) is 34.9 Å². The first-order valence-electron chi connectivity index (χ1n) is 4.86. The summed E-state index contributed by atoms with van der Waals surface area (Å²) in [6.07, 6.45) is 0.858. The monoisotopic (exact) mass is 225 g/mol. The Morgan fingerprint density at radius 3 is 3.00 bits per heavy atom. The van der Waals surface area contributed by atoms with E-state index in [4.69, 9.17) is 16.3 Å². The molecule has 1 aromatic carbocycles. The van der Waals surface area contributed by atoms with Crippen molar-refractivity contribution in [2.75, 3.05) is 19.8 Å². The average molecular weight is 226 g/mol. The number of ether oxygens (including phenoxy) is 1. The first kappa shape index (κ1) is 10.5. The summed E-state index contributed by atoms with van der Waals surface area (Å²) in [6.45, 7) is 1.74. The number of hydrogen-bond acceptors (Lipinski definition) is 2. The Morgan fingerprint density at radius 2 is 2.27 bits per heavy atom. The Morgan fingerprint density at radius 1 is 1.47 bits per heavy atom. The molecule has 15 heavy (non-hydrogen) atoms. The first-order valence-corrected chi connectivity index (χ1v) is 5.24. The number of nitrogens with zero attached hydrogens (tertiary/aromatic N) is 1. The lowest BCUT2D eigenvalue weighted by Crippen LogP contribution is -2.38. The van der Waals surface area contributed by atoms with Crippen molar-refractivity contribution in [3.8, 4) is 0 Å². The van der Waals surface area contributed by atoms with E-state index in [2.05, 4.69) is 0 Å². The molecule has 1 atom stereocenters. The standard InChI is InChI=1S/C11H12ClNO2/c12-10-4-2-1-3-9(10)11-7-15-6-5-13(11)8-14/h1-4,8,11H,5-7H2. The summed E-state index contributed by atoms with van der Waals surface area (Å²) < 4.78 is 5.36. The number of amides is 1. The van der Waals surface area contributed by atoms with E-state index in [1.807, 2.05) is 24.3 Å². The lowest BCUT2D eigenvalue weighted by atomic mass is 10.1. The maximum absolute atomic E-state index is 10.9. The Balaban J connectivity index is 2.28. The van der Waals surface area contributed by atoms with E-state index in [0.29, 0.717) is 24.8 Å². The third-order valence-corrected chi connectivity index (χ3v) is 2.91. The minimum Gasteiger partial charge on any atom is -0.377 e. The van der Waals surface area contributed by atoms with Gasteiger partial charge in [-0.25, -0.2) is 0 Å². The number of benzene rings is 1. The van der Waals surface area contributed by atoms with E-state index >= 15 is 0 Å². The maximum Gasteiger partial charge on any atom is 0.210 e. The molecule has 1 unspecified atom stereocenters. The fourth-order valence-electron chi connectivity index (χ4n) is 1.76. The van der Waals surface area contributed by atoms with Crippen LogP contribution in [0.2, 0.25) is 5.02 Å². The van der Waals surface area contributed by atoms with Crippen LogP contribution in [0.5, 0.6) is 0 Å². The van der Waals surface area contributed by atoms with Crippen LogP contribution < -0.4 is 0 Å². The molecule has 4 heteroatoms. The largest absolute Gasteiger partial charge is 0.377 e. The van der Waals surface area contributed by atoms with Gasteiger partial charge in [0.15, 0.2) is 0 Å². The molecule has 0 aliphatic carbocycles. The lowest BCUT2D eigenvalue weighted by molar-refractivity contribution is -0.126. The summed E-state index contributed by atoms with van der Waals surface area (Å²) in [5, 5.41) is 0.680. The maximum atomic E-state index is 10.9. The smallest absolute Gasteiger partial charge is 0.210 e. The zero-order valence-corrected chi connectivity index (χ0v) is 8.98. The Kier molecular flexibility index (Phi) is 3.23. The molecule has 1 aromatic rings. The fraction of sp³-hybridized carbons (Fsp3) is 0.364. The number of hydrogen-bond donors (Lipinski definition) is 0. The summed E-state index contributed by atoms with van der Waals surface area (Å²) >= 11 is 6.08. The Hall–Kier alpha value is -1.06. The van der Waals surface area contributed by atoms with Gasteiger partial charge in [-0.15, -0.1) is 0 Å². The Labute approximate surface area is 93.6 Å². The van der Waals surface area contributed by atoms with Crippen molar-refractivity contribution in [2.45, 2.75) is 6.04 Å². The minimum atomic E-state index is -0.0510. The van der Waals surface area contributed by atoms with E-state index < -0.39 is 0 Å². The predicted octanol–water partition coefficient (Wildman–Crippen LogP) is 1.87. The molecule has 1 fully saturated rings. The van der Waals surface area contributed by atoms with Crippen LogP contribution in [0.15, 0.2) is 24.3 Å². The van der Waals surface area contributed by atoms with Gasteiger partial charge in [-0.1, -0.05) is 29.8 Å². The van der Waals surface area contributed by atoms with Gasteiger partial charge in [-0.3, -0.25) is 4.79 Å². The van der Waals surface area contributed by atoms with Crippen molar-refractivity contribution in [3.63, 3.8) is 0 Å². The number of carbonyl (C=O) groups excluding carboxylic acids is 1. The summed E-state index contributed by atoms with van der Waals surface area (Å²) in [5.41, 5.74) is 0.950. The minimum absolute atomic E-state index is 0.0510. The van der Waals surface area contributed by atoms with Gasteiger partial charge in [0.05, 0.1) is 19.3 Å². The zero-order valence-electron chi connectivity index (χ0n) is 8.23. The second-order valence-corrected chi connectivity index (χ2v) is 3.86. The highest BCUT2D eigenvalue weighted by molar-refractivity contribution is 6.31. The van der Waals surface area contributed by atoms with Crippen molar-refractivity contribution < 1.29 is 9.53 Å². The molecule has 0 bridgehead atoms. The highest BCUT2D eigenvalue weighted by Crippen LogP contribution is 2.28. The second-order valence-electron chi connectivity index (χ2n) is 3.46. The van der Waals surface area contributed by atoms with E-state index in [1.165, 1.54) is 0 Å². The van der Waals surface area contributed by atoms with Crippen molar-refractivity contribution in [2.24, 2.45) is 0 Å². The van der Waals surface area contributed by atoms with Gasteiger partial charge >= 0.3 is 0 Å². The van der Waals surface area contributed by atoms with E-state index in [9.17, 15) is 4.79 Å². The Bertz CT molecular complexity index is 356. The van der Waals surface area contributed by atoms with E-state index in [-0.39, 0.29) is 6.04 Å². The van der Waals surface area contributed by atoms with Crippen molar-refractivity contribution >= 4 is 18.0 Å². The third-order valence-electron chi connectivity index (χ3n) is 2.57. The second kappa shape index (κ2) is 4.64. The third kappa shape index (κ3) is 2.13. The highest BCUT2D eigenvalue weighted by Gasteiger charge is 2.24. The van der Waals surface area contributed by atoms with Crippen LogP contribution in [0.1, 0.15) is 11.6 Å². The van der Waals surface area contributed by atoms with Gasteiger partial charge in [0, 0.05) is 11.6 Å². The van der Waals surface area contributed by atoms with Crippen LogP contribution in [0.25, 0.3) is 0 Å². The van der Waals surface area contributed by atoms with Gasteiger partial charge in [0.25, 0.3) is 0 Å². The van der Waals surface area contributed by atoms with Gasteiger partial charge in [0.2, 0.25) is 6.41 Å². The summed E-state index contributed by atoms with van der Waals surface area (Å²) in [4.78, 5) is 12.6. The first-order chi connectivity index (χ1) is 7.33. The van der Waals surface area contributed by atoms with Crippen LogP contribution in [-0.2, 0) is 9.53 Å². The van der Waals surface area contributed by atoms with Gasteiger partial charge < -0.3 is 9.64 Å². The molecule has 80 valence electrons. The molecule has 0 aromatic heterocycles. The van der Waals surface area contributed by atoms with Crippen LogP contribution >= 0.6 is 11.6 Å².